The monoisotopic (exact) mass is 230 g/mol. The molecule has 0 amide bonds. The van der Waals surface area contributed by atoms with Crippen LogP contribution in [0.25, 0.3) is 0 Å². The molecule has 0 saturated carbocycles. The van der Waals surface area contributed by atoms with Crippen LogP contribution in [0.3, 0.4) is 0 Å². The van der Waals surface area contributed by atoms with Crippen LogP contribution in [-0.4, -0.2) is 17.1 Å². The largest absolute Gasteiger partial charge is 0.481 e. The maximum atomic E-state index is 5.63. The van der Waals surface area contributed by atoms with Crippen molar-refractivity contribution in [3.63, 3.8) is 0 Å². The van der Waals surface area contributed by atoms with Crippen LogP contribution in [0.4, 0.5) is 0 Å². The molecule has 0 aliphatic rings. The zero-order valence-corrected chi connectivity index (χ0v) is 9.88. The van der Waals surface area contributed by atoms with Gasteiger partial charge in [0.15, 0.2) is 0 Å². The number of rotatable bonds is 4. The van der Waals surface area contributed by atoms with E-state index in [-0.39, 0.29) is 0 Å². The Morgan fingerprint density at radius 3 is 2.47 bits per heavy atom. The summed E-state index contributed by atoms with van der Waals surface area (Å²) in [5.74, 6) is 1.10. The van der Waals surface area contributed by atoms with Crippen molar-refractivity contribution in [2.45, 2.75) is 13.5 Å². The van der Waals surface area contributed by atoms with Crippen LogP contribution in [-0.2, 0) is 6.61 Å². The van der Waals surface area contributed by atoms with E-state index < -0.39 is 0 Å². The number of ether oxygens (including phenoxy) is 2. The zero-order valence-electron chi connectivity index (χ0n) is 9.88. The van der Waals surface area contributed by atoms with Crippen LogP contribution < -0.4 is 9.47 Å². The van der Waals surface area contributed by atoms with Crippen molar-refractivity contribution >= 4 is 0 Å². The summed E-state index contributed by atoms with van der Waals surface area (Å²) >= 11 is 0. The second kappa shape index (κ2) is 5.30. The lowest BCUT2D eigenvalue weighted by molar-refractivity contribution is 0.286. The highest BCUT2D eigenvalue weighted by Gasteiger charge is 2.08. The lowest BCUT2D eigenvalue weighted by Crippen LogP contribution is -2.01. The van der Waals surface area contributed by atoms with Gasteiger partial charge in [0.05, 0.1) is 12.7 Å². The first-order chi connectivity index (χ1) is 8.31. The van der Waals surface area contributed by atoms with Crippen LogP contribution in [0.1, 0.15) is 11.1 Å². The molecule has 4 nitrogen and oxygen atoms in total. The molecule has 0 bridgehead atoms. The van der Waals surface area contributed by atoms with E-state index in [2.05, 4.69) is 9.97 Å². The number of nitrogens with zero attached hydrogens (tertiary/aromatic N) is 2. The first kappa shape index (κ1) is 11.4. The molecule has 2 aromatic rings. The molecule has 0 radical (unpaired) electrons. The molecule has 1 aromatic carbocycles. The normalized spacial score (nSPS) is 10.0. The molecule has 0 fully saturated rings. The molecule has 0 unspecified atom stereocenters. The molecule has 2 rings (SSSR count). The van der Waals surface area contributed by atoms with Gasteiger partial charge in [-0.25, -0.2) is 9.97 Å². The third-order valence-electron chi connectivity index (χ3n) is 2.40. The van der Waals surface area contributed by atoms with E-state index >= 15 is 0 Å². The number of benzene rings is 1. The van der Waals surface area contributed by atoms with Crippen molar-refractivity contribution in [3.05, 3.63) is 47.8 Å². The van der Waals surface area contributed by atoms with Gasteiger partial charge in [-0.1, -0.05) is 30.3 Å². The summed E-state index contributed by atoms with van der Waals surface area (Å²) in [7, 11) is 1.58. The lowest BCUT2D eigenvalue weighted by atomic mass is 10.2. The standard InChI is InChI=1S/C13H14N2O2/c1-10-12(16-2)14-9-15-13(10)17-8-11-6-4-3-5-7-11/h3-7,9H,8H2,1-2H3. The molecule has 1 aromatic heterocycles. The Morgan fingerprint density at radius 2 is 1.76 bits per heavy atom. The van der Waals surface area contributed by atoms with E-state index in [4.69, 9.17) is 9.47 Å². The number of methoxy groups -OCH3 is 1. The molecule has 88 valence electrons. The molecule has 17 heavy (non-hydrogen) atoms. The second-order valence-corrected chi connectivity index (χ2v) is 3.59. The highest BCUT2D eigenvalue weighted by atomic mass is 16.5. The minimum atomic E-state index is 0.488. The van der Waals surface area contributed by atoms with Crippen LogP contribution in [0, 0.1) is 6.92 Å². The Balaban J connectivity index is 2.09. The Bertz CT molecular complexity index is 486. The smallest absolute Gasteiger partial charge is 0.223 e. The third-order valence-corrected chi connectivity index (χ3v) is 2.40. The molecule has 0 aliphatic heterocycles. The first-order valence-electron chi connectivity index (χ1n) is 5.33. The number of hydrogen-bond acceptors (Lipinski definition) is 4. The number of hydrogen-bond donors (Lipinski definition) is 0. The fourth-order valence-electron chi connectivity index (χ4n) is 1.50. The van der Waals surface area contributed by atoms with Crippen molar-refractivity contribution < 1.29 is 9.47 Å². The summed E-state index contributed by atoms with van der Waals surface area (Å²) in [5.41, 5.74) is 1.91. The van der Waals surface area contributed by atoms with Gasteiger partial charge in [-0.05, 0) is 12.5 Å². The van der Waals surface area contributed by atoms with Gasteiger partial charge in [-0.3, -0.25) is 0 Å². The van der Waals surface area contributed by atoms with Crippen molar-refractivity contribution in [2.75, 3.05) is 7.11 Å². The van der Waals surface area contributed by atoms with Gasteiger partial charge < -0.3 is 9.47 Å². The summed E-state index contributed by atoms with van der Waals surface area (Å²) in [6.45, 7) is 2.36. The summed E-state index contributed by atoms with van der Waals surface area (Å²) in [4.78, 5) is 8.09. The molecular weight excluding hydrogens is 216 g/mol. The van der Waals surface area contributed by atoms with Crippen LogP contribution in [0.5, 0.6) is 11.8 Å². The lowest BCUT2D eigenvalue weighted by Gasteiger charge is -2.09. The van der Waals surface area contributed by atoms with Crippen LogP contribution in [0.2, 0.25) is 0 Å². The van der Waals surface area contributed by atoms with E-state index in [1.807, 2.05) is 37.3 Å². The Kier molecular flexibility index (Phi) is 3.55. The molecule has 4 heteroatoms. The van der Waals surface area contributed by atoms with Crippen molar-refractivity contribution in [1.29, 1.82) is 0 Å². The molecule has 0 atom stereocenters. The van der Waals surface area contributed by atoms with Crippen LogP contribution in [0.15, 0.2) is 36.7 Å². The second-order valence-electron chi connectivity index (χ2n) is 3.59. The molecule has 0 aliphatic carbocycles. The summed E-state index contributed by atoms with van der Waals surface area (Å²) in [6.07, 6.45) is 1.44. The van der Waals surface area contributed by atoms with Gasteiger partial charge in [0.1, 0.15) is 12.9 Å². The summed E-state index contributed by atoms with van der Waals surface area (Å²) < 4.78 is 10.7. The average molecular weight is 230 g/mol. The van der Waals surface area contributed by atoms with E-state index in [9.17, 15) is 0 Å². The maximum absolute atomic E-state index is 5.63. The van der Waals surface area contributed by atoms with Crippen LogP contribution >= 0.6 is 0 Å². The molecule has 0 saturated heterocycles. The topological polar surface area (TPSA) is 44.2 Å². The SMILES string of the molecule is COc1ncnc(OCc2ccccc2)c1C. The van der Waals surface area contributed by atoms with Gasteiger partial charge in [-0.2, -0.15) is 0 Å². The molecule has 0 spiro atoms. The Labute approximate surface area is 100 Å². The molecular formula is C13H14N2O2. The van der Waals surface area contributed by atoms with Gasteiger partial charge in [-0.15, -0.1) is 0 Å². The highest BCUT2D eigenvalue weighted by Crippen LogP contribution is 2.22. The van der Waals surface area contributed by atoms with Gasteiger partial charge in [0.2, 0.25) is 11.8 Å². The number of aromatic nitrogens is 2. The Morgan fingerprint density at radius 1 is 1.06 bits per heavy atom. The quantitative estimate of drug-likeness (QED) is 0.808. The predicted octanol–water partition coefficient (Wildman–Crippen LogP) is 2.37. The minimum Gasteiger partial charge on any atom is -0.481 e. The van der Waals surface area contributed by atoms with E-state index in [1.165, 1.54) is 6.33 Å². The van der Waals surface area contributed by atoms with E-state index in [1.54, 1.807) is 7.11 Å². The average Bonchev–Trinajstić information content (AvgIpc) is 2.39. The van der Waals surface area contributed by atoms with Crippen molar-refractivity contribution in [2.24, 2.45) is 0 Å². The summed E-state index contributed by atoms with van der Waals surface area (Å²) in [5, 5.41) is 0. The zero-order chi connectivity index (χ0) is 12.1. The highest BCUT2D eigenvalue weighted by molar-refractivity contribution is 5.32. The van der Waals surface area contributed by atoms with E-state index in [0.29, 0.717) is 18.4 Å². The van der Waals surface area contributed by atoms with E-state index in [0.717, 1.165) is 11.1 Å². The predicted molar refractivity (Wildman–Crippen MR) is 64.1 cm³/mol. The summed E-state index contributed by atoms with van der Waals surface area (Å²) in [6, 6.07) is 9.95. The first-order valence-corrected chi connectivity index (χ1v) is 5.33. The molecule has 1 heterocycles. The fourth-order valence-corrected chi connectivity index (χ4v) is 1.50. The fraction of sp³-hybridized carbons (Fsp3) is 0.231. The Hall–Kier alpha value is -2.10. The molecule has 0 N–H and O–H groups in total. The third kappa shape index (κ3) is 2.72. The van der Waals surface area contributed by atoms with Crippen molar-refractivity contribution in [3.8, 4) is 11.8 Å². The minimum absolute atomic E-state index is 0.488. The van der Waals surface area contributed by atoms with Gasteiger partial charge in [0, 0.05) is 0 Å². The maximum Gasteiger partial charge on any atom is 0.223 e. The van der Waals surface area contributed by atoms with Gasteiger partial charge in [0.25, 0.3) is 0 Å². The van der Waals surface area contributed by atoms with Crippen molar-refractivity contribution in [1.82, 2.24) is 9.97 Å². The van der Waals surface area contributed by atoms with Gasteiger partial charge >= 0.3 is 0 Å².